The standard InChI is InChI=1S/C27H40N2O2/c1-20(2)25(30)18-21-9-14-28(15-10-21)24-6-7-26-22(19-24)8-11-27(31-26)12-16-29(17-13-27)23-4-3-5-23/h6-7,19-21,23H,3-5,8-18H2,1-2H3. The molecule has 31 heavy (non-hydrogen) atoms. The highest BCUT2D eigenvalue weighted by atomic mass is 16.5. The van der Waals surface area contributed by atoms with E-state index in [1.807, 2.05) is 13.8 Å². The number of likely N-dealkylation sites (tertiary alicyclic amines) is 1. The van der Waals surface area contributed by atoms with Gasteiger partial charge in [0.2, 0.25) is 0 Å². The molecule has 4 heteroatoms. The smallest absolute Gasteiger partial charge is 0.135 e. The van der Waals surface area contributed by atoms with Crippen LogP contribution in [0.2, 0.25) is 0 Å². The van der Waals surface area contributed by atoms with Crippen molar-refractivity contribution in [2.75, 3.05) is 31.1 Å². The number of carbonyl (C=O) groups excluding carboxylic acids is 1. The maximum absolute atomic E-state index is 12.1. The first-order valence-corrected chi connectivity index (χ1v) is 12.8. The number of Topliss-reactive ketones (excluding diaryl/α,β-unsaturated/α-hetero) is 1. The summed E-state index contributed by atoms with van der Waals surface area (Å²) in [6.07, 6.45) is 12.0. The number of aryl methyl sites for hydroxylation is 1. The maximum Gasteiger partial charge on any atom is 0.135 e. The van der Waals surface area contributed by atoms with Crippen LogP contribution in [0.3, 0.4) is 0 Å². The van der Waals surface area contributed by atoms with Gasteiger partial charge in [-0.3, -0.25) is 4.79 Å². The third-order valence-corrected chi connectivity index (χ3v) is 8.63. The number of benzene rings is 1. The van der Waals surface area contributed by atoms with Gasteiger partial charge in [-0.15, -0.1) is 0 Å². The Bertz CT molecular complexity index is 784. The third-order valence-electron chi connectivity index (χ3n) is 8.63. The van der Waals surface area contributed by atoms with Gasteiger partial charge in [0, 0.05) is 50.2 Å². The number of ether oxygens (including phenoxy) is 1. The molecule has 2 saturated heterocycles. The molecule has 0 radical (unpaired) electrons. The number of anilines is 1. The molecule has 0 atom stereocenters. The maximum atomic E-state index is 12.1. The van der Waals surface area contributed by atoms with Gasteiger partial charge in [-0.05, 0) is 81.0 Å². The molecule has 170 valence electrons. The molecule has 1 spiro atoms. The van der Waals surface area contributed by atoms with E-state index < -0.39 is 0 Å². The van der Waals surface area contributed by atoms with E-state index in [4.69, 9.17) is 4.74 Å². The average molecular weight is 425 g/mol. The molecule has 3 fully saturated rings. The average Bonchev–Trinajstić information content (AvgIpc) is 2.74. The van der Waals surface area contributed by atoms with Gasteiger partial charge in [-0.2, -0.15) is 0 Å². The van der Waals surface area contributed by atoms with E-state index in [2.05, 4.69) is 28.0 Å². The first-order valence-electron chi connectivity index (χ1n) is 12.8. The fourth-order valence-electron chi connectivity index (χ4n) is 6.02. The van der Waals surface area contributed by atoms with E-state index in [-0.39, 0.29) is 11.5 Å². The van der Waals surface area contributed by atoms with Crippen LogP contribution in [0.1, 0.15) is 77.2 Å². The van der Waals surface area contributed by atoms with E-state index in [0.29, 0.717) is 11.7 Å². The highest BCUT2D eigenvalue weighted by Gasteiger charge is 2.41. The lowest BCUT2D eigenvalue weighted by Gasteiger charge is -2.48. The number of hydrogen-bond acceptors (Lipinski definition) is 4. The van der Waals surface area contributed by atoms with Crippen molar-refractivity contribution in [2.24, 2.45) is 11.8 Å². The van der Waals surface area contributed by atoms with Crippen LogP contribution >= 0.6 is 0 Å². The second-order valence-electron chi connectivity index (χ2n) is 11.0. The van der Waals surface area contributed by atoms with Crippen molar-refractivity contribution < 1.29 is 9.53 Å². The van der Waals surface area contributed by atoms with Gasteiger partial charge < -0.3 is 14.5 Å². The Morgan fingerprint density at radius 1 is 1.06 bits per heavy atom. The van der Waals surface area contributed by atoms with E-state index in [1.165, 1.54) is 62.9 Å². The Morgan fingerprint density at radius 3 is 2.45 bits per heavy atom. The molecule has 5 rings (SSSR count). The van der Waals surface area contributed by atoms with Crippen LogP contribution in [0.15, 0.2) is 18.2 Å². The van der Waals surface area contributed by atoms with Crippen molar-refractivity contribution in [2.45, 2.75) is 89.7 Å². The Morgan fingerprint density at radius 2 is 1.81 bits per heavy atom. The SMILES string of the molecule is CC(C)C(=O)CC1CCN(c2ccc3c(c2)CCC2(CCN(C4CCC4)CC2)O3)CC1. The van der Waals surface area contributed by atoms with E-state index in [9.17, 15) is 4.79 Å². The summed E-state index contributed by atoms with van der Waals surface area (Å²) >= 11 is 0. The summed E-state index contributed by atoms with van der Waals surface area (Å²) in [6, 6.07) is 7.74. The molecule has 0 N–H and O–H groups in total. The predicted molar refractivity (Wildman–Crippen MR) is 126 cm³/mol. The van der Waals surface area contributed by atoms with Crippen LogP contribution in [0, 0.1) is 11.8 Å². The van der Waals surface area contributed by atoms with E-state index in [1.54, 1.807) is 0 Å². The largest absolute Gasteiger partial charge is 0.487 e. The van der Waals surface area contributed by atoms with Crippen LogP contribution in [0.25, 0.3) is 0 Å². The molecule has 0 amide bonds. The molecule has 4 aliphatic rings. The number of hydrogen-bond donors (Lipinski definition) is 0. The lowest BCUT2D eigenvalue weighted by molar-refractivity contribution is -0.122. The highest BCUT2D eigenvalue weighted by Crippen LogP contribution is 2.42. The van der Waals surface area contributed by atoms with Crippen LogP contribution in [-0.2, 0) is 11.2 Å². The van der Waals surface area contributed by atoms with E-state index in [0.717, 1.165) is 50.6 Å². The summed E-state index contributed by atoms with van der Waals surface area (Å²) in [4.78, 5) is 17.3. The van der Waals surface area contributed by atoms with Crippen LogP contribution in [0.5, 0.6) is 5.75 Å². The van der Waals surface area contributed by atoms with Crippen LogP contribution < -0.4 is 9.64 Å². The lowest BCUT2D eigenvalue weighted by atomic mass is 9.81. The minimum absolute atomic E-state index is 0.0794. The molecule has 0 bridgehead atoms. The number of nitrogens with zero attached hydrogens (tertiary/aromatic N) is 2. The van der Waals surface area contributed by atoms with Crippen molar-refractivity contribution in [3.8, 4) is 5.75 Å². The van der Waals surface area contributed by atoms with Crippen molar-refractivity contribution in [1.29, 1.82) is 0 Å². The molecule has 1 saturated carbocycles. The number of rotatable bonds is 5. The van der Waals surface area contributed by atoms with Gasteiger partial charge in [-0.25, -0.2) is 0 Å². The Hall–Kier alpha value is -1.55. The summed E-state index contributed by atoms with van der Waals surface area (Å²) in [5.41, 5.74) is 2.81. The molecule has 1 aliphatic carbocycles. The zero-order valence-corrected chi connectivity index (χ0v) is 19.6. The summed E-state index contributed by atoms with van der Waals surface area (Å²) in [6.45, 7) is 8.61. The van der Waals surface area contributed by atoms with Crippen LogP contribution in [0.4, 0.5) is 5.69 Å². The molecule has 1 aromatic carbocycles. The topological polar surface area (TPSA) is 32.8 Å². The molecular formula is C27H40N2O2. The third kappa shape index (κ3) is 4.51. The highest BCUT2D eigenvalue weighted by molar-refractivity contribution is 5.80. The summed E-state index contributed by atoms with van der Waals surface area (Å²) < 4.78 is 6.68. The minimum atomic E-state index is 0.0794. The monoisotopic (exact) mass is 424 g/mol. The summed E-state index contributed by atoms with van der Waals surface area (Å²) in [7, 11) is 0. The minimum Gasteiger partial charge on any atom is -0.487 e. The normalized spacial score (nSPS) is 24.7. The second kappa shape index (κ2) is 8.77. The Balaban J connectivity index is 1.17. The molecular weight excluding hydrogens is 384 g/mol. The number of ketones is 1. The summed E-state index contributed by atoms with van der Waals surface area (Å²) in [5, 5.41) is 0. The zero-order valence-electron chi connectivity index (χ0n) is 19.6. The fourth-order valence-corrected chi connectivity index (χ4v) is 6.02. The number of carbonyl (C=O) groups is 1. The number of piperidine rings is 2. The van der Waals surface area contributed by atoms with Crippen molar-refractivity contribution in [3.63, 3.8) is 0 Å². The lowest BCUT2D eigenvalue weighted by Crippen LogP contribution is -2.53. The molecule has 0 unspecified atom stereocenters. The first-order chi connectivity index (χ1) is 15.0. The second-order valence-corrected chi connectivity index (χ2v) is 11.0. The quantitative estimate of drug-likeness (QED) is 0.648. The predicted octanol–water partition coefficient (Wildman–Crippen LogP) is 5.23. The van der Waals surface area contributed by atoms with Crippen LogP contribution in [-0.4, -0.2) is 48.5 Å². The van der Waals surface area contributed by atoms with Crippen molar-refractivity contribution in [3.05, 3.63) is 23.8 Å². The fraction of sp³-hybridized carbons (Fsp3) is 0.741. The van der Waals surface area contributed by atoms with Gasteiger partial charge in [-0.1, -0.05) is 20.3 Å². The Labute approximate surface area is 188 Å². The molecule has 3 heterocycles. The van der Waals surface area contributed by atoms with Gasteiger partial charge >= 0.3 is 0 Å². The van der Waals surface area contributed by atoms with Gasteiger partial charge in [0.1, 0.15) is 17.1 Å². The molecule has 0 aromatic heterocycles. The van der Waals surface area contributed by atoms with Gasteiger partial charge in [0.05, 0.1) is 0 Å². The molecule has 4 nitrogen and oxygen atoms in total. The molecule has 1 aromatic rings. The van der Waals surface area contributed by atoms with Crippen molar-refractivity contribution >= 4 is 11.5 Å². The molecule has 3 aliphatic heterocycles. The number of fused-ring (bicyclic) bond motifs is 1. The zero-order chi connectivity index (χ0) is 21.4. The summed E-state index contributed by atoms with van der Waals surface area (Å²) in [5.74, 6) is 2.30. The first kappa shape index (κ1) is 21.3. The van der Waals surface area contributed by atoms with Crippen molar-refractivity contribution in [1.82, 2.24) is 4.90 Å². The Kier molecular flexibility index (Phi) is 6.02. The van der Waals surface area contributed by atoms with Gasteiger partial charge in [0.15, 0.2) is 0 Å². The van der Waals surface area contributed by atoms with Gasteiger partial charge in [0.25, 0.3) is 0 Å². The van der Waals surface area contributed by atoms with E-state index >= 15 is 0 Å².